The van der Waals surface area contributed by atoms with Crippen LogP contribution in [0.1, 0.15) is 16.1 Å². The average molecular weight is 324 g/mol. The van der Waals surface area contributed by atoms with E-state index >= 15 is 0 Å². The lowest BCUT2D eigenvalue weighted by atomic mass is 10.1. The fraction of sp³-hybridized carbons (Fsp3) is 0.111. The van der Waals surface area contributed by atoms with Crippen LogP contribution in [0.3, 0.4) is 0 Å². The van der Waals surface area contributed by atoms with Crippen molar-refractivity contribution in [3.05, 3.63) is 59.9 Å². The third kappa shape index (κ3) is 3.08. The van der Waals surface area contributed by atoms with E-state index in [1.54, 1.807) is 50.4 Å². The van der Waals surface area contributed by atoms with E-state index in [-0.39, 0.29) is 11.7 Å². The number of aryl methyl sites for hydroxylation is 1. The Kier molecular flexibility index (Phi) is 4.20. The van der Waals surface area contributed by atoms with Gasteiger partial charge in [0, 0.05) is 11.3 Å². The summed E-state index contributed by atoms with van der Waals surface area (Å²) in [5.74, 6) is 0.952. The molecule has 6 heteroatoms. The summed E-state index contributed by atoms with van der Waals surface area (Å²) in [5.41, 5.74) is 2.11. The molecule has 0 atom stereocenters. The number of amides is 1. The van der Waals surface area contributed by atoms with Crippen molar-refractivity contribution >= 4 is 11.6 Å². The van der Waals surface area contributed by atoms with E-state index in [1.807, 2.05) is 0 Å². The Morgan fingerprint density at radius 2 is 1.79 bits per heavy atom. The van der Waals surface area contributed by atoms with Gasteiger partial charge in [-0.1, -0.05) is 5.16 Å². The van der Waals surface area contributed by atoms with Crippen LogP contribution in [0.5, 0.6) is 11.5 Å². The molecule has 1 heterocycles. The molecule has 1 amide bonds. The van der Waals surface area contributed by atoms with E-state index < -0.39 is 0 Å². The molecule has 0 bridgehead atoms. The molecule has 2 aromatic carbocycles. The number of aromatic hydroxyl groups is 1. The van der Waals surface area contributed by atoms with Crippen molar-refractivity contribution in [3.8, 4) is 22.8 Å². The maximum Gasteiger partial charge on any atom is 0.261 e. The fourth-order valence-corrected chi connectivity index (χ4v) is 2.32. The van der Waals surface area contributed by atoms with Gasteiger partial charge in [-0.25, -0.2) is 0 Å². The van der Waals surface area contributed by atoms with Gasteiger partial charge in [0.15, 0.2) is 0 Å². The zero-order valence-electron chi connectivity index (χ0n) is 13.2. The van der Waals surface area contributed by atoms with E-state index in [0.717, 1.165) is 0 Å². The van der Waals surface area contributed by atoms with Crippen LogP contribution in [0, 0.1) is 6.92 Å². The van der Waals surface area contributed by atoms with Gasteiger partial charge in [-0.05, 0) is 55.5 Å². The summed E-state index contributed by atoms with van der Waals surface area (Å²) in [6.07, 6.45) is 0. The molecule has 0 saturated heterocycles. The largest absolute Gasteiger partial charge is 0.508 e. The lowest BCUT2D eigenvalue weighted by Gasteiger charge is -2.07. The second-order valence-electron chi connectivity index (χ2n) is 5.19. The molecule has 122 valence electrons. The van der Waals surface area contributed by atoms with Crippen LogP contribution >= 0.6 is 0 Å². The van der Waals surface area contributed by atoms with Gasteiger partial charge in [-0.2, -0.15) is 0 Å². The molecule has 3 aromatic rings. The molecule has 2 N–H and O–H groups in total. The Bertz CT molecular complexity index is 852. The van der Waals surface area contributed by atoms with E-state index in [2.05, 4.69) is 10.5 Å². The van der Waals surface area contributed by atoms with Crippen molar-refractivity contribution < 1.29 is 19.2 Å². The quantitative estimate of drug-likeness (QED) is 0.766. The molecule has 0 radical (unpaired) electrons. The molecule has 6 nitrogen and oxygen atoms in total. The topological polar surface area (TPSA) is 84.6 Å². The van der Waals surface area contributed by atoms with Gasteiger partial charge in [0.25, 0.3) is 5.91 Å². The molecular weight excluding hydrogens is 308 g/mol. The molecule has 0 unspecified atom stereocenters. The number of rotatable bonds is 4. The Morgan fingerprint density at radius 1 is 1.12 bits per heavy atom. The summed E-state index contributed by atoms with van der Waals surface area (Å²) >= 11 is 0. The van der Waals surface area contributed by atoms with Crippen molar-refractivity contribution in [2.24, 2.45) is 0 Å². The van der Waals surface area contributed by atoms with E-state index in [4.69, 9.17) is 9.26 Å². The first kappa shape index (κ1) is 15.6. The van der Waals surface area contributed by atoms with E-state index in [0.29, 0.717) is 34.0 Å². The summed E-state index contributed by atoms with van der Waals surface area (Å²) in [7, 11) is 1.58. The number of carbonyl (C=O) groups excluding carboxylic acids is 1. The Hall–Kier alpha value is -3.28. The third-order valence-corrected chi connectivity index (χ3v) is 3.58. The van der Waals surface area contributed by atoms with Crippen molar-refractivity contribution in [2.75, 3.05) is 12.4 Å². The Labute approximate surface area is 138 Å². The van der Waals surface area contributed by atoms with Crippen LogP contribution in [0.15, 0.2) is 53.1 Å². The van der Waals surface area contributed by atoms with Gasteiger partial charge >= 0.3 is 0 Å². The van der Waals surface area contributed by atoms with Crippen LogP contribution in [0.25, 0.3) is 11.3 Å². The molecule has 24 heavy (non-hydrogen) atoms. The van der Waals surface area contributed by atoms with Crippen molar-refractivity contribution in [2.45, 2.75) is 6.92 Å². The molecule has 0 aliphatic rings. The number of nitrogens with zero attached hydrogens (tertiary/aromatic N) is 1. The standard InChI is InChI=1S/C18H16N2O4/c1-11-16(17(20-24-11)12-3-7-14(21)8-4-12)18(22)19-13-5-9-15(23-2)10-6-13/h3-10,21H,1-2H3,(H,19,22). The van der Waals surface area contributed by atoms with Gasteiger partial charge in [-0.15, -0.1) is 0 Å². The molecule has 0 spiro atoms. The molecule has 1 aromatic heterocycles. The zero-order chi connectivity index (χ0) is 17.1. The van der Waals surface area contributed by atoms with Gasteiger partial charge in [0.05, 0.1) is 7.11 Å². The zero-order valence-corrected chi connectivity index (χ0v) is 13.2. The molecule has 0 aliphatic carbocycles. The minimum Gasteiger partial charge on any atom is -0.508 e. The van der Waals surface area contributed by atoms with Gasteiger partial charge in [0.2, 0.25) is 0 Å². The number of anilines is 1. The molecule has 0 fully saturated rings. The first-order chi connectivity index (χ1) is 11.6. The maximum absolute atomic E-state index is 12.6. The second kappa shape index (κ2) is 6.45. The molecule has 0 aliphatic heterocycles. The summed E-state index contributed by atoms with van der Waals surface area (Å²) < 4.78 is 10.3. The number of methoxy groups -OCH3 is 1. The number of hydrogen-bond acceptors (Lipinski definition) is 5. The normalized spacial score (nSPS) is 10.4. The highest BCUT2D eigenvalue weighted by molar-refractivity contribution is 6.08. The highest BCUT2D eigenvalue weighted by atomic mass is 16.5. The highest BCUT2D eigenvalue weighted by Crippen LogP contribution is 2.27. The summed E-state index contributed by atoms with van der Waals surface area (Å²) in [4.78, 5) is 12.6. The lowest BCUT2D eigenvalue weighted by Crippen LogP contribution is -2.13. The Balaban J connectivity index is 1.89. The summed E-state index contributed by atoms with van der Waals surface area (Å²) in [5, 5.41) is 16.2. The van der Waals surface area contributed by atoms with Crippen LogP contribution < -0.4 is 10.1 Å². The van der Waals surface area contributed by atoms with Crippen LogP contribution in [0.2, 0.25) is 0 Å². The number of nitrogens with one attached hydrogen (secondary N) is 1. The summed E-state index contributed by atoms with van der Waals surface area (Å²) in [6, 6.07) is 13.4. The molecular formula is C18H16N2O4. The van der Waals surface area contributed by atoms with Crippen molar-refractivity contribution in [1.29, 1.82) is 0 Å². The average Bonchev–Trinajstić information content (AvgIpc) is 2.98. The number of ether oxygens (including phenoxy) is 1. The molecule has 3 rings (SSSR count). The monoisotopic (exact) mass is 324 g/mol. The fourth-order valence-electron chi connectivity index (χ4n) is 2.32. The van der Waals surface area contributed by atoms with Gasteiger partial charge in [0.1, 0.15) is 28.5 Å². The number of carbonyl (C=O) groups is 1. The maximum atomic E-state index is 12.6. The first-order valence-corrected chi connectivity index (χ1v) is 7.29. The number of hydrogen-bond donors (Lipinski definition) is 2. The van der Waals surface area contributed by atoms with Crippen LogP contribution in [-0.4, -0.2) is 23.3 Å². The number of phenolic OH excluding ortho intramolecular Hbond substituents is 1. The van der Waals surface area contributed by atoms with Gasteiger partial charge < -0.3 is 19.7 Å². The van der Waals surface area contributed by atoms with Crippen LogP contribution in [-0.2, 0) is 0 Å². The van der Waals surface area contributed by atoms with Gasteiger partial charge in [-0.3, -0.25) is 4.79 Å². The highest BCUT2D eigenvalue weighted by Gasteiger charge is 2.21. The number of phenols is 1. The minimum atomic E-state index is -0.318. The van der Waals surface area contributed by atoms with Crippen molar-refractivity contribution in [1.82, 2.24) is 5.16 Å². The number of benzene rings is 2. The first-order valence-electron chi connectivity index (χ1n) is 7.29. The minimum absolute atomic E-state index is 0.142. The third-order valence-electron chi connectivity index (χ3n) is 3.58. The Morgan fingerprint density at radius 3 is 2.42 bits per heavy atom. The lowest BCUT2D eigenvalue weighted by molar-refractivity contribution is 0.102. The van der Waals surface area contributed by atoms with E-state index in [1.165, 1.54) is 12.1 Å². The molecule has 0 saturated carbocycles. The second-order valence-corrected chi connectivity index (χ2v) is 5.19. The number of aromatic nitrogens is 1. The smallest absolute Gasteiger partial charge is 0.261 e. The SMILES string of the molecule is COc1ccc(NC(=O)c2c(-c3ccc(O)cc3)noc2C)cc1. The summed E-state index contributed by atoms with van der Waals surface area (Å²) in [6.45, 7) is 1.68. The van der Waals surface area contributed by atoms with E-state index in [9.17, 15) is 9.90 Å². The predicted octanol–water partition coefficient (Wildman–Crippen LogP) is 3.62. The van der Waals surface area contributed by atoms with Crippen molar-refractivity contribution in [3.63, 3.8) is 0 Å². The predicted molar refractivity (Wildman–Crippen MR) is 89.3 cm³/mol. The van der Waals surface area contributed by atoms with Crippen LogP contribution in [0.4, 0.5) is 5.69 Å².